The topological polar surface area (TPSA) is 70.1 Å². The molecule has 164 valence electrons. The normalized spacial score (nSPS) is 20.2. The fraction of sp³-hybridized carbons (Fsp3) is 0.565. The van der Waals surface area contributed by atoms with Crippen LogP contribution in [-0.4, -0.2) is 56.1 Å². The molecule has 2 aliphatic rings. The van der Waals surface area contributed by atoms with Crippen molar-refractivity contribution in [3.8, 4) is 0 Å². The zero-order chi connectivity index (χ0) is 21.9. The van der Waals surface area contributed by atoms with E-state index in [1.165, 1.54) is 5.56 Å². The van der Waals surface area contributed by atoms with Gasteiger partial charge in [-0.3, -0.25) is 4.79 Å². The average Bonchev–Trinajstić information content (AvgIpc) is 2.88. The third-order valence-electron chi connectivity index (χ3n) is 6.02. The quantitative estimate of drug-likeness (QED) is 0.713. The molecule has 30 heavy (non-hydrogen) atoms. The number of carbonyl (C=O) groups is 1. The largest absolute Gasteiger partial charge is 0.354 e. The lowest BCUT2D eigenvalue weighted by atomic mass is 10.0. The van der Waals surface area contributed by atoms with Gasteiger partial charge < -0.3 is 9.80 Å². The van der Waals surface area contributed by atoms with Crippen LogP contribution in [0.1, 0.15) is 58.1 Å². The molecule has 7 heteroatoms. The summed E-state index contributed by atoms with van der Waals surface area (Å²) in [5, 5.41) is 0. The Labute approximate surface area is 180 Å². The third-order valence-corrected chi connectivity index (χ3v) is 7.49. The summed E-state index contributed by atoms with van der Waals surface area (Å²) in [6.07, 6.45) is 3.60. The van der Waals surface area contributed by atoms with Crippen LogP contribution in [0.5, 0.6) is 0 Å². The van der Waals surface area contributed by atoms with Crippen molar-refractivity contribution in [2.45, 2.75) is 53.4 Å². The van der Waals surface area contributed by atoms with Gasteiger partial charge in [-0.05, 0) is 37.3 Å². The maximum atomic E-state index is 12.9. The van der Waals surface area contributed by atoms with E-state index in [0.29, 0.717) is 48.1 Å². The van der Waals surface area contributed by atoms with Gasteiger partial charge in [-0.1, -0.05) is 51.5 Å². The molecule has 1 aromatic rings. The minimum absolute atomic E-state index is 0.0325. The van der Waals surface area contributed by atoms with Gasteiger partial charge in [0.1, 0.15) is 10.7 Å². The second-order valence-electron chi connectivity index (χ2n) is 8.25. The Kier molecular flexibility index (Phi) is 7.01. The predicted octanol–water partition coefficient (Wildman–Crippen LogP) is 3.69. The van der Waals surface area contributed by atoms with Crippen molar-refractivity contribution in [1.82, 2.24) is 9.80 Å². The van der Waals surface area contributed by atoms with Crippen LogP contribution in [0, 0.1) is 5.92 Å². The lowest BCUT2D eigenvalue weighted by Gasteiger charge is -2.25. The number of nitrogens with zero attached hydrogens (tertiary/aromatic N) is 3. The molecule has 1 aromatic carbocycles. The number of hydrogen-bond donors (Lipinski definition) is 0. The van der Waals surface area contributed by atoms with E-state index in [1.54, 1.807) is 0 Å². The van der Waals surface area contributed by atoms with Crippen molar-refractivity contribution in [3.05, 3.63) is 41.0 Å². The zero-order valence-corrected chi connectivity index (χ0v) is 19.3. The first-order valence-electron chi connectivity index (χ1n) is 11.0. The first-order chi connectivity index (χ1) is 14.3. The van der Waals surface area contributed by atoms with Gasteiger partial charge in [0.2, 0.25) is 5.91 Å². The number of benzene rings is 1. The Hall–Kier alpha value is -2.15. The molecule has 0 radical (unpaired) electrons. The molecule has 1 fully saturated rings. The van der Waals surface area contributed by atoms with E-state index in [1.807, 2.05) is 47.9 Å². The molecule has 1 unspecified atom stereocenters. The SMILES string of the molecule is CCCC(C)C(=O)N1CCCN(C2=NS(=O)(=O)C(c3ccc(CC)cc3)=C2C)CC1. The van der Waals surface area contributed by atoms with E-state index < -0.39 is 10.0 Å². The van der Waals surface area contributed by atoms with E-state index >= 15 is 0 Å². The highest BCUT2D eigenvalue weighted by Crippen LogP contribution is 2.34. The summed E-state index contributed by atoms with van der Waals surface area (Å²) >= 11 is 0. The Bertz CT molecular complexity index is 948. The molecule has 0 spiro atoms. The molecular formula is C23H33N3O3S. The van der Waals surface area contributed by atoms with E-state index in [2.05, 4.69) is 18.2 Å². The lowest BCUT2D eigenvalue weighted by molar-refractivity contribution is -0.135. The Morgan fingerprint density at radius 1 is 1.10 bits per heavy atom. The van der Waals surface area contributed by atoms with Gasteiger partial charge >= 0.3 is 0 Å². The van der Waals surface area contributed by atoms with Gasteiger partial charge in [-0.25, -0.2) is 0 Å². The number of rotatable bonds is 5. The smallest absolute Gasteiger partial charge is 0.285 e. The van der Waals surface area contributed by atoms with Gasteiger partial charge in [0.25, 0.3) is 10.0 Å². The fourth-order valence-corrected chi connectivity index (χ4v) is 5.78. The van der Waals surface area contributed by atoms with Crippen LogP contribution in [-0.2, 0) is 21.2 Å². The summed E-state index contributed by atoms with van der Waals surface area (Å²) < 4.78 is 29.9. The van der Waals surface area contributed by atoms with Crippen LogP contribution in [0.3, 0.4) is 0 Å². The highest BCUT2D eigenvalue weighted by molar-refractivity contribution is 8.00. The molecule has 2 aliphatic heterocycles. The number of carbonyl (C=O) groups excluding carboxylic acids is 1. The van der Waals surface area contributed by atoms with E-state index in [9.17, 15) is 13.2 Å². The first kappa shape index (κ1) is 22.5. The van der Waals surface area contributed by atoms with Crippen LogP contribution in [0.15, 0.2) is 34.2 Å². The minimum Gasteiger partial charge on any atom is -0.354 e. The van der Waals surface area contributed by atoms with E-state index in [4.69, 9.17) is 0 Å². The molecule has 0 N–H and O–H groups in total. The van der Waals surface area contributed by atoms with E-state index in [0.717, 1.165) is 25.7 Å². The van der Waals surface area contributed by atoms with E-state index in [-0.39, 0.29) is 11.8 Å². The fourth-order valence-electron chi connectivity index (χ4n) is 4.29. The molecule has 0 bridgehead atoms. The van der Waals surface area contributed by atoms with Gasteiger partial charge in [0, 0.05) is 37.7 Å². The second kappa shape index (κ2) is 9.33. The standard InChI is InChI=1S/C23H33N3O3S/c1-5-8-17(3)23(27)26-14-7-13-25(15-16-26)22-18(4)21(30(28,29)24-22)20-11-9-19(6-2)10-12-20/h9-12,17H,5-8,13-16H2,1-4H3. The molecule has 0 aliphatic carbocycles. The molecule has 2 heterocycles. The number of sulfonamides is 1. The van der Waals surface area contributed by atoms with Gasteiger partial charge in [0.05, 0.1) is 0 Å². The minimum atomic E-state index is -3.72. The average molecular weight is 432 g/mol. The molecule has 1 amide bonds. The van der Waals surface area contributed by atoms with Gasteiger partial charge in [0.15, 0.2) is 0 Å². The van der Waals surface area contributed by atoms with Crippen LogP contribution < -0.4 is 0 Å². The third kappa shape index (κ3) is 4.61. The van der Waals surface area contributed by atoms with Gasteiger partial charge in [-0.15, -0.1) is 4.40 Å². The number of amidine groups is 1. The van der Waals surface area contributed by atoms with Crippen molar-refractivity contribution in [2.24, 2.45) is 10.3 Å². The molecule has 6 nitrogen and oxygen atoms in total. The highest BCUT2D eigenvalue weighted by Gasteiger charge is 2.34. The molecular weight excluding hydrogens is 398 g/mol. The Morgan fingerprint density at radius 2 is 1.80 bits per heavy atom. The summed E-state index contributed by atoms with van der Waals surface area (Å²) in [5.41, 5.74) is 2.55. The first-order valence-corrected chi connectivity index (χ1v) is 12.4. The molecule has 3 rings (SSSR count). The predicted molar refractivity (Wildman–Crippen MR) is 122 cm³/mol. The summed E-state index contributed by atoms with van der Waals surface area (Å²) in [4.78, 5) is 16.9. The van der Waals surface area contributed by atoms with Crippen LogP contribution in [0.25, 0.3) is 4.91 Å². The number of hydrogen-bond acceptors (Lipinski definition) is 4. The lowest BCUT2D eigenvalue weighted by Crippen LogP contribution is -2.39. The van der Waals surface area contributed by atoms with Crippen LogP contribution in [0.4, 0.5) is 0 Å². The summed E-state index contributed by atoms with van der Waals surface area (Å²) in [6.45, 7) is 10.6. The van der Waals surface area contributed by atoms with Crippen LogP contribution in [0.2, 0.25) is 0 Å². The molecule has 0 aromatic heterocycles. The Balaban J connectivity index is 1.80. The number of amides is 1. The second-order valence-corrected chi connectivity index (χ2v) is 9.79. The maximum absolute atomic E-state index is 12.9. The maximum Gasteiger partial charge on any atom is 0.285 e. The Morgan fingerprint density at radius 3 is 2.43 bits per heavy atom. The molecule has 0 saturated carbocycles. The zero-order valence-electron chi connectivity index (χ0n) is 18.5. The van der Waals surface area contributed by atoms with Crippen molar-refractivity contribution in [3.63, 3.8) is 0 Å². The highest BCUT2D eigenvalue weighted by atomic mass is 32.2. The van der Waals surface area contributed by atoms with Crippen molar-refractivity contribution in [1.29, 1.82) is 0 Å². The number of aryl methyl sites for hydroxylation is 1. The summed E-state index contributed by atoms with van der Waals surface area (Å²) in [7, 11) is -3.72. The molecule has 1 atom stereocenters. The van der Waals surface area contributed by atoms with Crippen molar-refractivity contribution in [2.75, 3.05) is 26.2 Å². The summed E-state index contributed by atoms with van der Waals surface area (Å²) in [6, 6.07) is 7.67. The molecule has 1 saturated heterocycles. The van der Waals surface area contributed by atoms with Crippen molar-refractivity contribution < 1.29 is 13.2 Å². The van der Waals surface area contributed by atoms with Gasteiger partial charge in [-0.2, -0.15) is 8.42 Å². The van der Waals surface area contributed by atoms with Crippen LogP contribution >= 0.6 is 0 Å². The monoisotopic (exact) mass is 431 g/mol. The summed E-state index contributed by atoms with van der Waals surface area (Å²) in [5.74, 6) is 0.759. The van der Waals surface area contributed by atoms with Crippen molar-refractivity contribution >= 4 is 26.7 Å².